The molecule has 0 aromatic carbocycles. The van der Waals surface area contributed by atoms with E-state index in [-0.39, 0.29) is 23.9 Å². The molecule has 2 rings (SSSR count). The van der Waals surface area contributed by atoms with Gasteiger partial charge in [0.15, 0.2) is 0 Å². The monoisotopic (exact) mass is 270 g/mol. The van der Waals surface area contributed by atoms with Crippen molar-refractivity contribution in [3.05, 3.63) is 0 Å². The molecule has 18 heavy (non-hydrogen) atoms. The first-order valence-electron chi connectivity index (χ1n) is 6.86. The predicted octanol–water partition coefficient (Wildman–Crippen LogP) is 1.40. The standard InChI is InChI=1S/C13H22N2O2S/c1-3-11-13(17)15(9(2)12(16)14-11)8-10-6-4-5-7-18-10/h9-11H,3-8H2,1-2H3,(H,14,16). The Kier molecular flexibility index (Phi) is 4.54. The SMILES string of the molecule is CCC1NC(=O)C(C)N(CC2CCCCS2)C1=O. The van der Waals surface area contributed by atoms with Crippen LogP contribution in [0, 0.1) is 0 Å². The number of amides is 2. The molecule has 2 aliphatic rings. The van der Waals surface area contributed by atoms with Gasteiger partial charge in [-0.15, -0.1) is 0 Å². The molecule has 3 atom stereocenters. The smallest absolute Gasteiger partial charge is 0.245 e. The van der Waals surface area contributed by atoms with Crippen LogP contribution in [0.4, 0.5) is 0 Å². The summed E-state index contributed by atoms with van der Waals surface area (Å²) in [6.45, 7) is 4.49. The fourth-order valence-corrected chi connectivity index (χ4v) is 3.89. The molecule has 3 unspecified atom stereocenters. The highest BCUT2D eigenvalue weighted by atomic mass is 32.2. The van der Waals surface area contributed by atoms with E-state index in [0.29, 0.717) is 11.7 Å². The van der Waals surface area contributed by atoms with Gasteiger partial charge >= 0.3 is 0 Å². The van der Waals surface area contributed by atoms with E-state index in [1.807, 2.05) is 25.6 Å². The number of hydrogen-bond donors (Lipinski definition) is 1. The molecule has 0 aliphatic carbocycles. The number of carbonyl (C=O) groups is 2. The molecule has 2 aliphatic heterocycles. The van der Waals surface area contributed by atoms with Crippen molar-refractivity contribution in [1.82, 2.24) is 10.2 Å². The van der Waals surface area contributed by atoms with Crippen molar-refractivity contribution in [2.45, 2.75) is 56.9 Å². The summed E-state index contributed by atoms with van der Waals surface area (Å²) in [7, 11) is 0. The molecule has 0 spiro atoms. The number of hydrogen-bond acceptors (Lipinski definition) is 3. The molecule has 2 fully saturated rings. The van der Waals surface area contributed by atoms with Gasteiger partial charge in [0, 0.05) is 11.8 Å². The Bertz CT molecular complexity index is 329. The molecule has 0 bridgehead atoms. The Balaban J connectivity index is 2.02. The number of rotatable bonds is 3. The maximum absolute atomic E-state index is 12.3. The van der Waals surface area contributed by atoms with Gasteiger partial charge in [-0.05, 0) is 31.9 Å². The zero-order valence-corrected chi connectivity index (χ0v) is 12.0. The van der Waals surface area contributed by atoms with Gasteiger partial charge in [-0.3, -0.25) is 9.59 Å². The van der Waals surface area contributed by atoms with Crippen LogP contribution in [-0.2, 0) is 9.59 Å². The van der Waals surface area contributed by atoms with Crippen LogP contribution in [0.2, 0.25) is 0 Å². The first-order chi connectivity index (χ1) is 8.63. The van der Waals surface area contributed by atoms with Crippen LogP contribution < -0.4 is 5.32 Å². The van der Waals surface area contributed by atoms with Crippen molar-refractivity contribution < 1.29 is 9.59 Å². The Morgan fingerprint density at radius 1 is 1.39 bits per heavy atom. The van der Waals surface area contributed by atoms with Crippen molar-refractivity contribution >= 4 is 23.6 Å². The maximum Gasteiger partial charge on any atom is 0.245 e. The van der Waals surface area contributed by atoms with Crippen molar-refractivity contribution in [3.63, 3.8) is 0 Å². The number of thioether (sulfide) groups is 1. The number of piperazine rings is 1. The highest BCUT2D eigenvalue weighted by molar-refractivity contribution is 7.99. The van der Waals surface area contributed by atoms with Gasteiger partial charge in [-0.25, -0.2) is 0 Å². The Morgan fingerprint density at radius 2 is 2.17 bits per heavy atom. The van der Waals surface area contributed by atoms with Crippen LogP contribution in [0.15, 0.2) is 0 Å². The van der Waals surface area contributed by atoms with E-state index in [0.717, 1.165) is 6.54 Å². The topological polar surface area (TPSA) is 49.4 Å². The van der Waals surface area contributed by atoms with Gasteiger partial charge in [-0.1, -0.05) is 13.3 Å². The molecule has 5 heteroatoms. The number of carbonyl (C=O) groups excluding carboxylic acids is 2. The molecule has 102 valence electrons. The molecule has 2 amide bonds. The van der Waals surface area contributed by atoms with Gasteiger partial charge in [0.1, 0.15) is 12.1 Å². The summed E-state index contributed by atoms with van der Waals surface area (Å²) in [5.74, 6) is 1.27. The Morgan fingerprint density at radius 3 is 2.78 bits per heavy atom. The molecule has 0 radical (unpaired) electrons. The average molecular weight is 270 g/mol. The second kappa shape index (κ2) is 5.95. The third kappa shape index (κ3) is 2.82. The third-order valence-electron chi connectivity index (χ3n) is 3.83. The van der Waals surface area contributed by atoms with Gasteiger partial charge in [0.2, 0.25) is 11.8 Å². The maximum atomic E-state index is 12.3. The zero-order valence-electron chi connectivity index (χ0n) is 11.1. The van der Waals surface area contributed by atoms with Crippen molar-refractivity contribution in [1.29, 1.82) is 0 Å². The van der Waals surface area contributed by atoms with Crippen LogP contribution in [0.1, 0.15) is 39.5 Å². The summed E-state index contributed by atoms with van der Waals surface area (Å²) in [5.41, 5.74) is 0. The van der Waals surface area contributed by atoms with E-state index in [1.165, 1.54) is 25.0 Å². The highest BCUT2D eigenvalue weighted by Gasteiger charge is 2.38. The molecule has 0 aromatic rings. The summed E-state index contributed by atoms with van der Waals surface area (Å²) in [6.07, 6.45) is 4.37. The van der Waals surface area contributed by atoms with Gasteiger partial charge in [0.05, 0.1) is 0 Å². The van der Waals surface area contributed by atoms with Gasteiger partial charge < -0.3 is 10.2 Å². The molecule has 2 heterocycles. The van der Waals surface area contributed by atoms with Crippen LogP contribution in [-0.4, -0.2) is 46.3 Å². The van der Waals surface area contributed by atoms with Crippen LogP contribution in [0.3, 0.4) is 0 Å². The van der Waals surface area contributed by atoms with Crippen molar-refractivity contribution in [2.75, 3.05) is 12.3 Å². The molecule has 0 aromatic heterocycles. The van der Waals surface area contributed by atoms with Crippen LogP contribution >= 0.6 is 11.8 Å². The lowest BCUT2D eigenvalue weighted by molar-refractivity contribution is -0.148. The Hall–Kier alpha value is -0.710. The molecular weight excluding hydrogens is 248 g/mol. The molecular formula is C13H22N2O2S. The lowest BCUT2D eigenvalue weighted by Crippen LogP contribution is -2.63. The number of nitrogens with one attached hydrogen (secondary N) is 1. The summed E-state index contributed by atoms with van der Waals surface area (Å²) < 4.78 is 0. The molecule has 4 nitrogen and oxygen atoms in total. The van der Waals surface area contributed by atoms with Crippen LogP contribution in [0.25, 0.3) is 0 Å². The van der Waals surface area contributed by atoms with Crippen molar-refractivity contribution in [3.8, 4) is 0 Å². The minimum absolute atomic E-state index is 0.0118. The highest BCUT2D eigenvalue weighted by Crippen LogP contribution is 2.27. The van der Waals surface area contributed by atoms with E-state index in [4.69, 9.17) is 0 Å². The van der Waals surface area contributed by atoms with Crippen LogP contribution in [0.5, 0.6) is 0 Å². The van der Waals surface area contributed by atoms with Gasteiger partial charge in [-0.2, -0.15) is 11.8 Å². The normalized spacial score (nSPS) is 33.4. The van der Waals surface area contributed by atoms with Gasteiger partial charge in [0.25, 0.3) is 0 Å². The summed E-state index contributed by atoms with van der Waals surface area (Å²) in [4.78, 5) is 25.9. The molecule has 2 saturated heterocycles. The first-order valence-corrected chi connectivity index (χ1v) is 7.90. The minimum Gasteiger partial charge on any atom is -0.343 e. The summed E-state index contributed by atoms with van der Waals surface area (Å²) in [6, 6.07) is -0.634. The van der Waals surface area contributed by atoms with E-state index >= 15 is 0 Å². The lowest BCUT2D eigenvalue weighted by Gasteiger charge is -2.39. The van der Waals surface area contributed by atoms with E-state index in [2.05, 4.69) is 5.32 Å². The second-order valence-corrected chi connectivity index (χ2v) is 6.53. The fraction of sp³-hybridized carbons (Fsp3) is 0.846. The zero-order chi connectivity index (χ0) is 13.1. The Labute approximate surface area is 113 Å². The fourth-order valence-electron chi connectivity index (χ4n) is 2.58. The molecule has 1 N–H and O–H groups in total. The second-order valence-electron chi connectivity index (χ2n) is 5.12. The van der Waals surface area contributed by atoms with E-state index in [9.17, 15) is 9.59 Å². The third-order valence-corrected chi connectivity index (χ3v) is 5.21. The van der Waals surface area contributed by atoms with E-state index < -0.39 is 0 Å². The van der Waals surface area contributed by atoms with Crippen molar-refractivity contribution in [2.24, 2.45) is 0 Å². The predicted molar refractivity (Wildman–Crippen MR) is 73.5 cm³/mol. The first kappa shape index (κ1) is 13.7. The lowest BCUT2D eigenvalue weighted by atomic mass is 10.1. The summed E-state index contributed by atoms with van der Waals surface area (Å²) >= 11 is 1.95. The molecule has 0 saturated carbocycles. The minimum atomic E-state index is -0.317. The van der Waals surface area contributed by atoms with E-state index in [1.54, 1.807) is 4.90 Å². The largest absolute Gasteiger partial charge is 0.343 e. The average Bonchev–Trinajstić information content (AvgIpc) is 2.40. The number of nitrogens with zero attached hydrogens (tertiary/aromatic N) is 1. The summed E-state index contributed by atoms with van der Waals surface area (Å²) in [5, 5.41) is 3.30. The quantitative estimate of drug-likeness (QED) is 0.843.